The summed E-state index contributed by atoms with van der Waals surface area (Å²) in [5, 5.41) is 2.81. The summed E-state index contributed by atoms with van der Waals surface area (Å²) in [4.78, 5) is 18.8. The second kappa shape index (κ2) is 7.35. The summed E-state index contributed by atoms with van der Waals surface area (Å²) in [6, 6.07) is 10.5. The Morgan fingerprint density at radius 3 is 2.48 bits per heavy atom. The first-order valence-corrected chi connectivity index (χ1v) is 9.16. The van der Waals surface area contributed by atoms with Crippen molar-refractivity contribution < 1.29 is 22.4 Å². The van der Waals surface area contributed by atoms with Crippen LogP contribution in [0.1, 0.15) is 28.8 Å². The zero-order valence-electron chi connectivity index (χ0n) is 15.3. The fourth-order valence-electron chi connectivity index (χ4n) is 3.50. The Morgan fingerprint density at radius 1 is 1.03 bits per heavy atom. The molecular weight excluding hydrogens is 386 g/mol. The Morgan fingerprint density at radius 2 is 1.76 bits per heavy atom. The van der Waals surface area contributed by atoms with Gasteiger partial charge in [-0.15, -0.1) is 0 Å². The van der Waals surface area contributed by atoms with Crippen LogP contribution in [0, 0.1) is 5.82 Å². The summed E-state index contributed by atoms with van der Waals surface area (Å²) in [7, 11) is 0. The van der Waals surface area contributed by atoms with E-state index in [1.165, 1.54) is 18.2 Å². The summed E-state index contributed by atoms with van der Waals surface area (Å²) in [6.07, 6.45) is -2.54. The average molecular weight is 403 g/mol. The number of alkyl halides is 3. The number of nitrogens with zero attached hydrogens (tertiary/aromatic N) is 2. The van der Waals surface area contributed by atoms with Gasteiger partial charge in [0.15, 0.2) is 5.82 Å². The summed E-state index contributed by atoms with van der Waals surface area (Å²) >= 11 is 0. The molecule has 0 radical (unpaired) electrons. The van der Waals surface area contributed by atoms with Gasteiger partial charge in [0, 0.05) is 24.2 Å². The highest BCUT2D eigenvalue weighted by atomic mass is 19.4. The minimum Gasteiger partial charge on any atom is -0.357 e. The first kappa shape index (κ1) is 19.2. The largest absolute Gasteiger partial charge is 0.417 e. The van der Waals surface area contributed by atoms with Crippen LogP contribution in [0.25, 0.3) is 10.9 Å². The third-order valence-corrected chi connectivity index (χ3v) is 4.90. The van der Waals surface area contributed by atoms with E-state index in [1.54, 1.807) is 12.1 Å². The van der Waals surface area contributed by atoms with E-state index in [0.29, 0.717) is 11.2 Å². The van der Waals surface area contributed by atoms with Crippen molar-refractivity contribution in [2.45, 2.75) is 19.0 Å². The molecule has 4 rings (SSSR count). The van der Waals surface area contributed by atoms with Gasteiger partial charge < -0.3 is 10.2 Å². The van der Waals surface area contributed by atoms with Gasteiger partial charge in [0.1, 0.15) is 11.3 Å². The lowest BCUT2D eigenvalue weighted by molar-refractivity contribution is -0.137. The van der Waals surface area contributed by atoms with Gasteiger partial charge in [0.05, 0.1) is 11.1 Å². The second-order valence-electron chi connectivity index (χ2n) is 6.89. The van der Waals surface area contributed by atoms with Crippen LogP contribution in [-0.2, 0) is 6.18 Å². The maximum atomic E-state index is 14.6. The van der Waals surface area contributed by atoms with Gasteiger partial charge in [0.2, 0.25) is 0 Å². The number of hydrogen-bond acceptors (Lipinski definition) is 3. The lowest BCUT2D eigenvalue weighted by Crippen LogP contribution is -2.19. The number of nitrogens with one attached hydrogen (secondary N) is 1. The number of pyridine rings is 1. The van der Waals surface area contributed by atoms with Crippen molar-refractivity contribution in [1.29, 1.82) is 0 Å². The Kier molecular flexibility index (Phi) is 4.86. The molecule has 0 bridgehead atoms. The molecule has 4 nitrogen and oxygen atoms in total. The minimum atomic E-state index is -4.67. The third-order valence-electron chi connectivity index (χ3n) is 4.90. The van der Waals surface area contributed by atoms with Crippen molar-refractivity contribution in [3.05, 3.63) is 65.5 Å². The molecule has 29 heavy (non-hydrogen) atoms. The molecule has 1 fully saturated rings. The topological polar surface area (TPSA) is 45.2 Å². The monoisotopic (exact) mass is 403 g/mol. The summed E-state index contributed by atoms with van der Waals surface area (Å²) in [5.41, 5.74) is -1.35. The van der Waals surface area contributed by atoms with Crippen molar-refractivity contribution in [3.63, 3.8) is 0 Å². The summed E-state index contributed by atoms with van der Waals surface area (Å²) in [6.45, 7) is 1.74. The average Bonchev–Trinajstić information content (AvgIpc) is 3.22. The highest BCUT2D eigenvalue weighted by molar-refractivity contribution is 6.06. The van der Waals surface area contributed by atoms with E-state index in [2.05, 4.69) is 15.2 Å². The molecule has 150 valence electrons. The predicted molar refractivity (Wildman–Crippen MR) is 103 cm³/mol. The molecule has 1 aliphatic rings. The van der Waals surface area contributed by atoms with Crippen molar-refractivity contribution in [1.82, 2.24) is 4.98 Å². The molecule has 1 amide bonds. The summed E-state index contributed by atoms with van der Waals surface area (Å²) < 4.78 is 54.0. The number of anilines is 2. The molecule has 2 aromatic carbocycles. The summed E-state index contributed by atoms with van der Waals surface area (Å²) in [5.74, 6) is -0.925. The molecule has 1 saturated heterocycles. The maximum Gasteiger partial charge on any atom is 0.417 e. The number of fused-ring (bicyclic) bond motifs is 1. The lowest BCUT2D eigenvalue weighted by Gasteiger charge is -2.17. The SMILES string of the molecule is O=C(Nc1cc(F)c2nc(N3CCCC3)ccc2c1)c1ccccc1C(F)(F)F. The van der Waals surface area contributed by atoms with E-state index in [9.17, 15) is 22.4 Å². The molecule has 0 spiro atoms. The third kappa shape index (κ3) is 3.87. The van der Waals surface area contributed by atoms with Crippen molar-refractivity contribution >= 4 is 28.3 Å². The molecule has 1 N–H and O–H groups in total. The van der Waals surface area contributed by atoms with Crippen LogP contribution in [0.15, 0.2) is 48.5 Å². The number of benzene rings is 2. The van der Waals surface area contributed by atoms with Gasteiger partial charge in [-0.05, 0) is 49.2 Å². The quantitative estimate of drug-likeness (QED) is 0.608. The maximum absolute atomic E-state index is 14.6. The molecular formula is C21H17F4N3O. The molecule has 0 unspecified atom stereocenters. The van der Waals surface area contributed by atoms with Crippen LogP contribution in [0.5, 0.6) is 0 Å². The van der Waals surface area contributed by atoms with E-state index in [4.69, 9.17) is 0 Å². The van der Waals surface area contributed by atoms with Crippen molar-refractivity contribution in [2.24, 2.45) is 0 Å². The molecule has 2 heterocycles. The fraction of sp³-hybridized carbons (Fsp3) is 0.238. The van der Waals surface area contributed by atoms with Gasteiger partial charge >= 0.3 is 6.18 Å². The molecule has 0 aliphatic carbocycles. The highest BCUT2D eigenvalue weighted by Gasteiger charge is 2.34. The first-order chi connectivity index (χ1) is 13.8. The molecule has 0 saturated carbocycles. The van der Waals surface area contributed by atoms with Crippen LogP contribution in [0.3, 0.4) is 0 Å². The predicted octanol–water partition coefficient (Wildman–Crippen LogP) is 5.25. The van der Waals surface area contributed by atoms with Crippen molar-refractivity contribution in [3.8, 4) is 0 Å². The van der Waals surface area contributed by atoms with Crippen molar-refractivity contribution in [2.75, 3.05) is 23.3 Å². The smallest absolute Gasteiger partial charge is 0.357 e. The number of hydrogen-bond donors (Lipinski definition) is 1. The minimum absolute atomic E-state index is 0.0627. The highest BCUT2D eigenvalue weighted by Crippen LogP contribution is 2.32. The van der Waals surface area contributed by atoms with Crippen LogP contribution in [-0.4, -0.2) is 24.0 Å². The van der Waals surface area contributed by atoms with Crippen LogP contribution >= 0.6 is 0 Å². The van der Waals surface area contributed by atoms with E-state index in [1.807, 2.05) is 0 Å². The Bertz CT molecular complexity index is 1080. The Balaban J connectivity index is 1.64. The van der Waals surface area contributed by atoms with E-state index < -0.39 is 29.0 Å². The van der Waals surface area contributed by atoms with E-state index in [0.717, 1.165) is 44.1 Å². The van der Waals surface area contributed by atoms with E-state index >= 15 is 0 Å². The molecule has 0 atom stereocenters. The number of halogens is 4. The van der Waals surface area contributed by atoms with E-state index in [-0.39, 0.29) is 11.2 Å². The number of rotatable bonds is 3. The zero-order valence-corrected chi connectivity index (χ0v) is 15.3. The van der Waals surface area contributed by atoms with Gasteiger partial charge in [0.25, 0.3) is 5.91 Å². The standard InChI is InChI=1S/C21H17F4N3O/c22-17-12-14(26-20(29)15-5-1-2-6-16(15)21(23,24)25)11-13-7-8-18(27-19(13)17)28-9-3-4-10-28/h1-2,5-8,11-12H,3-4,9-10H2,(H,26,29). The van der Waals surface area contributed by atoms with Crippen LogP contribution in [0.4, 0.5) is 29.1 Å². The Labute approximate surface area is 164 Å². The fourth-order valence-corrected chi connectivity index (χ4v) is 3.50. The van der Waals surface area contributed by atoms with Gasteiger partial charge in [-0.25, -0.2) is 9.37 Å². The molecule has 1 aliphatic heterocycles. The van der Waals surface area contributed by atoms with Gasteiger partial charge in [-0.1, -0.05) is 12.1 Å². The Hall–Kier alpha value is -3.16. The first-order valence-electron chi connectivity index (χ1n) is 9.16. The molecule has 8 heteroatoms. The number of amides is 1. The zero-order chi connectivity index (χ0) is 20.6. The molecule has 1 aromatic heterocycles. The van der Waals surface area contributed by atoms with Crippen LogP contribution in [0.2, 0.25) is 0 Å². The molecule has 3 aromatic rings. The lowest BCUT2D eigenvalue weighted by atomic mass is 10.1. The van der Waals surface area contributed by atoms with Gasteiger partial charge in [-0.3, -0.25) is 4.79 Å². The van der Waals surface area contributed by atoms with Gasteiger partial charge in [-0.2, -0.15) is 13.2 Å². The number of aromatic nitrogens is 1. The second-order valence-corrected chi connectivity index (χ2v) is 6.89. The van der Waals surface area contributed by atoms with Crippen LogP contribution < -0.4 is 10.2 Å². The normalized spacial score (nSPS) is 14.4. The number of carbonyl (C=O) groups excluding carboxylic acids is 1. The number of carbonyl (C=O) groups is 1.